The molecular formula is C17H14INO2. The summed E-state index contributed by atoms with van der Waals surface area (Å²) < 4.78 is 6.66. The summed E-state index contributed by atoms with van der Waals surface area (Å²) in [6, 6.07) is 13.7. The quantitative estimate of drug-likeness (QED) is 0.667. The van der Waals surface area contributed by atoms with Gasteiger partial charge in [0.25, 0.3) is 0 Å². The number of aryl methyl sites for hydroxylation is 1. The zero-order valence-electron chi connectivity index (χ0n) is 11.5. The molecule has 0 radical (unpaired) electrons. The lowest BCUT2D eigenvalue weighted by molar-refractivity contribution is -0.115. The second-order valence-corrected chi connectivity index (χ2v) is 6.24. The molecule has 4 heteroatoms. The molecule has 1 heterocycles. The van der Waals surface area contributed by atoms with E-state index in [1.54, 1.807) is 6.26 Å². The Hall–Kier alpha value is -1.82. The van der Waals surface area contributed by atoms with Crippen LogP contribution in [-0.4, -0.2) is 5.91 Å². The molecule has 3 rings (SSSR count). The average molecular weight is 391 g/mol. The standard InChI is InChI=1S/C17H14INO2/c1-11-2-7-15-12(10-21-16(15)8-11)9-17(20)19-14-5-3-13(18)4-6-14/h2-8,10H,9H2,1H3,(H,19,20). The maximum atomic E-state index is 12.1. The van der Waals surface area contributed by atoms with E-state index in [-0.39, 0.29) is 5.91 Å². The predicted molar refractivity (Wildman–Crippen MR) is 92.4 cm³/mol. The van der Waals surface area contributed by atoms with Gasteiger partial charge in [-0.3, -0.25) is 4.79 Å². The van der Waals surface area contributed by atoms with Crippen LogP contribution in [0, 0.1) is 10.5 Å². The van der Waals surface area contributed by atoms with E-state index in [1.165, 1.54) is 0 Å². The van der Waals surface area contributed by atoms with Gasteiger partial charge in [0.15, 0.2) is 0 Å². The maximum Gasteiger partial charge on any atom is 0.228 e. The number of anilines is 1. The third-order valence-corrected chi connectivity index (χ3v) is 4.01. The van der Waals surface area contributed by atoms with E-state index in [2.05, 4.69) is 27.9 Å². The van der Waals surface area contributed by atoms with Crippen molar-refractivity contribution in [3.8, 4) is 0 Å². The minimum Gasteiger partial charge on any atom is -0.464 e. The van der Waals surface area contributed by atoms with Crippen LogP contribution in [-0.2, 0) is 11.2 Å². The van der Waals surface area contributed by atoms with Gasteiger partial charge in [0, 0.05) is 20.2 Å². The minimum atomic E-state index is -0.0421. The Morgan fingerprint density at radius 2 is 1.95 bits per heavy atom. The van der Waals surface area contributed by atoms with Gasteiger partial charge in [-0.1, -0.05) is 12.1 Å². The summed E-state index contributed by atoms with van der Waals surface area (Å²) >= 11 is 2.23. The van der Waals surface area contributed by atoms with Crippen LogP contribution in [0.25, 0.3) is 11.0 Å². The third-order valence-electron chi connectivity index (χ3n) is 3.29. The second kappa shape index (κ2) is 5.89. The third kappa shape index (κ3) is 3.26. The molecule has 0 saturated carbocycles. The molecule has 1 aromatic heterocycles. The Morgan fingerprint density at radius 3 is 2.71 bits per heavy atom. The molecule has 0 spiro atoms. The summed E-state index contributed by atoms with van der Waals surface area (Å²) in [7, 11) is 0. The number of carbonyl (C=O) groups is 1. The molecule has 1 N–H and O–H groups in total. The van der Waals surface area contributed by atoms with Crippen LogP contribution in [0.1, 0.15) is 11.1 Å². The molecule has 3 aromatic rings. The van der Waals surface area contributed by atoms with Crippen LogP contribution in [0.4, 0.5) is 5.69 Å². The van der Waals surface area contributed by atoms with E-state index < -0.39 is 0 Å². The lowest BCUT2D eigenvalue weighted by Crippen LogP contribution is -2.14. The SMILES string of the molecule is Cc1ccc2c(CC(=O)Nc3ccc(I)cc3)coc2c1. The number of halogens is 1. The van der Waals surface area contributed by atoms with Crippen LogP contribution in [0.15, 0.2) is 53.1 Å². The number of amides is 1. The second-order valence-electron chi connectivity index (χ2n) is 4.99. The molecule has 21 heavy (non-hydrogen) atoms. The fourth-order valence-electron chi connectivity index (χ4n) is 2.24. The summed E-state index contributed by atoms with van der Waals surface area (Å²) in [5, 5.41) is 3.90. The van der Waals surface area contributed by atoms with Crippen molar-refractivity contribution < 1.29 is 9.21 Å². The van der Waals surface area contributed by atoms with Crippen molar-refractivity contribution in [3.05, 3.63) is 63.4 Å². The molecule has 0 saturated heterocycles. The van der Waals surface area contributed by atoms with Gasteiger partial charge >= 0.3 is 0 Å². The Kier molecular flexibility index (Phi) is 3.96. The molecule has 0 unspecified atom stereocenters. The van der Waals surface area contributed by atoms with Gasteiger partial charge in [0.05, 0.1) is 12.7 Å². The smallest absolute Gasteiger partial charge is 0.228 e. The topological polar surface area (TPSA) is 42.2 Å². The molecule has 3 nitrogen and oxygen atoms in total. The van der Waals surface area contributed by atoms with E-state index in [0.717, 1.165) is 31.4 Å². The van der Waals surface area contributed by atoms with E-state index >= 15 is 0 Å². The predicted octanol–water partition coefficient (Wildman–Crippen LogP) is 4.53. The zero-order chi connectivity index (χ0) is 14.8. The Bertz CT molecular complexity index is 790. The van der Waals surface area contributed by atoms with Gasteiger partial charge in [-0.25, -0.2) is 0 Å². The van der Waals surface area contributed by atoms with Crippen molar-refractivity contribution in [1.82, 2.24) is 0 Å². The molecule has 0 atom stereocenters. The normalized spacial score (nSPS) is 10.8. The monoisotopic (exact) mass is 391 g/mol. The average Bonchev–Trinajstić information content (AvgIpc) is 2.83. The van der Waals surface area contributed by atoms with Crippen LogP contribution in [0.3, 0.4) is 0 Å². The van der Waals surface area contributed by atoms with Crippen molar-refractivity contribution >= 4 is 45.2 Å². The fourth-order valence-corrected chi connectivity index (χ4v) is 2.60. The molecule has 0 aliphatic rings. The number of carbonyl (C=O) groups excluding carboxylic acids is 1. The zero-order valence-corrected chi connectivity index (χ0v) is 13.7. The Morgan fingerprint density at radius 1 is 1.19 bits per heavy atom. The number of hydrogen-bond acceptors (Lipinski definition) is 2. The lowest BCUT2D eigenvalue weighted by Gasteiger charge is -2.04. The number of fused-ring (bicyclic) bond motifs is 1. The van der Waals surface area contributed by atoms with Crippen LogP contribution >= 0.6 is 22.6 Å². The van der Waals surface area contributed by atoms with Gasteiger partial charge in [-0.15, -0.1) is 0 Å². The fraction of sp³-hybridized carbons (Fsp3) is 0.118. The molecular weight excluding hydrogens is 377 g/mol. The molecule has 0 aliphatic carbocycles. The van der Waals surface area contributed by atoms with Crippen LogP contribution in [0.5, 0.6) is 0 Å². The first-order chi connectivity index (χ1) is 10.1. The van der Waals surface area contributed by atoms with Crippen molar-refractivity contribution in [2.45, 2.75) is 13.3 Å². The van der Waals surface area contributed by atoms with Crippen LogP contribution < -0.4 is 5.32 Å². The van der Waals surface area contributed by atoms with Gasteiger partial charge in [-0.2, -0.15) is 0 Å². The summed E-state index contributed by atoms with van der Waals surface area (Å²) in [5.41, 5.74) is 3.69. The maximum absolute atomic E-state index is 12.1. The number of benzene rings is 2. The summed E-state index contributed by atoms with van der Waals surface area (Å²) in [6.45, 7) is 2.02. The van der Waals surface area contributed by atoms with Gasteiger partial charge in [-0.05, 0) is 65.4 Å². The first-order valence-corrected chi connectivity index (χ1v) is 7.72. The molecule has 1 amide bonds. The van der Waals surface area contributed by atoms with Crippen molar-refractivity contribution in [2.24, 2.45) is 0 Å². The number of furan rings is 1. The van der Waals surface area contributed by atoms with E-state index in [9.17, 15) is 4.79 Å². The largest absolute Gasteiger partial charge is 0.464 e. The Balaban J connectivity index is 1.75. The molecule has 2 aromatic carbocycles. The number of nitrogens with one attached hydrogen (secondary N) is 1. The van der Waals surface area contributed by atoms with Gasteiger partial charge in [0.1, 0.15) is 5.58 Å². The summed E-state index contributed by atoms with van der Waals surface area (Å²) in [6.07, 6.45) is 1.97. The van der Waals surface area contributed by atoms with Crippen LogP contribution in [0.2, 0.25) is 0 Å². The van der Waals surface area contributed by atoms with Gasteiger partial charge in [0.2, 0.25) is 5.91 Å². The summed E-state index contributed by atoms with van der Waals surface area (Å²) in [5.74, 6) is -0.0421. The first kappa shape index (κ1) is 14.1. The highest BCUT2D eigenvalue weighted by atomic mass is 127. The van der Waals surface area contributed by atoms with E-state index in [1.807, 2.05) is 49.4 Å². The lowest BCUT2D eigenvalue weighted by atomic mass is 10.1. The molecule has 0 fully saturated rings. The first-order valence-electron chi connectivity index (χ1n) is 6.64. The number of rotatable bonds is 3. The highest BCUT2D eigenvalue weighted by Crippen LogP contribution is 2.23. The van der Waals surface area contributed by atoms with Gasteiger partial charge < -0.3 is 9.73 Å². The Labute approximate surface area is 136 Å². The van der Waals surface area contributed by atoms with E-state index in [0.29, 0.717) is 6.42 Å². The van der Waals surface area contributed by atoms with Crippen molar-refractivity contribution in [3.63, 3.8) is 0 Å². The molecule has 106 valence electrons. The van der Waals surface area contributed by atoms with E-state index in [4.69, 9.17) is 4.42 Å². The number of hydrogen-bond donors (Lipinski definition) is 1. The minimum absolute atomic E-state index is 0.0421. The molecule has 0 aliphatic heterocycles. The molecule has 0 bridgehead atoms. The highest BCUT2D eigenvalue weighted by molar-refractivity contribution is 14.1. The van der Waals surface area contributed by atoms with Crippen molar-refractivity contribution in [2.75, 3.05) is 5.32 Å². The van der Waals surface area contributed by atoms with Crippen molar-refractivity contribution in [1.29, 1.82) is 0 Å². The highest BCUT2D eigenvalue weighted by Gasteiger charge is 2.10. The summed E-state index contributed by atoms with van der Waals surface area (Å²) in [4.78, 5) is 12.1.